The van der Waals surface area contributed by atoms with Crippen LogP contribution in [0.5, 0.6) is 0 Å². The molecule has 0 aromatic rings. The summed E-state index contributed by atoms with van der Waals surface area (Å²) < 4.78 is 0. The molecule has 1 aliphatic carbocycles. The van der Waals surface area contributed by atoms with Crippen LogP contribution in [0.3, 0.4) is 0 Å². The second-order valence-corrected chi connectivity index (χ2v) is 5.39. The number of hydrogen-bond acceptors (Lipinski definition) is 1. The SMILES string of the molecule is CCCC(C)C(CCC1CCCC1)NC. The molecule has 90 valence electrons. The van der Waals surface area contributed by atoms with Crippen LogP contribution < -0.4 is 5.32 Å². The summed E-state index contributed by atoms with van der Waals surface area (Å²) in [6, 6.07) is 0.755. The van der Waals surface area contributed by atoms with Gasteiger partial charge in [-0.05, 0) is 38.1 Å². The van der Waals surface area contributed by atoms with Crippen molar-refractivity contribution < 1.29 is 0 Å². The van der Waals surface area contributed by atoms with E-state index in [0.717, 1.165) is 17.9 Å². The molecule has 0 heterocycles. The third-order valence-corrected chi connectivity index (χ3v) is 4.16. The first-order chi connectivity index (χ1) is 7.27. The van der Waals surface area contributed by atoms with Crippen LogP contribution in [0.1, 0.15) is 65.2 Å². The van der Waals surface area contributed by atoms with Crippen LogP contribution in [-0.4, -0.2) is 13.1 Å². The molecular weight excluding hydrogens is 182 g/mol. The van der Waals surface area contributed by atoms with Crippen molar-refractivity contribution in [2.24, 2.45) is 11.8 Å². The second kappa shape index (κ2) is 7.27. The highest BCUT2D eigenvalue weighted by Crippen LogP contribution is 2.30. The maximum absolute atomic E-state index is 3.51. The van der Waals surface area contributed by atoms with E-state index in [1.165, 1.54) is 51.4 Å². The van der Waals surface area contributed by atoms with Crippen LogP contribution in [-0.2, 0) is 0 Å². The lowest BCUT2D eigenvalue weighted by molar-refractivity contribution is 0.325. The Kier molecular flexibility index (Phi) is 6.31. The molecule has 2 atom stereocenters. The van der Waals surface area contributed by atoms with Crippen molar-refractivity contribution in [2.45, 2.75) is 71.3 Å². The van der Waals surface area contributed by atoms with Crippen LogP contribution in [0.25, 0.3) is 0 Å². The van der Waals surface area contributed by atoms with Gasteiger partial charge in [-0.25, -0.2) is 0 Å². The summed E-state index contributed by atoms with van der Waals surface area (Å²) in [6.45, 7) is 4.69. The molecule has 0 spiro atoms. The van der Waals surface area contributed by atoms with E-state index in [0.29, 0.717) is 0 Å². The van der Waals surface area contributed by atoms with E-state index in [1.54, 1.807) is 0 Å². The lowest BCUT2D eigenvalue weighted by Gasteiger charge is -2.24. The fraction of sp³-hybridized carbons (Fsp3) is 1.00. The molecule has 1 aliphatic rings. The summed E-state index contributed by atoms with van der Waals surface area (Å²) in [5, 5.41) is 3.51. The molecule has 1 fully saturated rings. The zero-order valence-electron chi connectivity index (χ0n) is 10.9. The molecule has 1 N–H and O–H groups in total. The predicted octanol–water partition coefficient (Wildman–Crippen LogP) is 3.98. The molecule has 15 heavy (non-hydrogen) atoms. The molecule has 2 unspecified atom stereocenters. The first-order valence-electron chi connectivity index (χ1n) is 6.95. The maximum Gasteiger partial charge on any atom is 0.00897 e. The van der Waals surface area contributed by atoms with E-state index in [4.69, 9.17) is 0 Å². The molecule has 0 aromatic carbocycles. The van der Waals surface area contributed by atoms with Gasteiger partial charge in [0.2, 0.25) is 0 Å². The van der Waals surface area contributed by atoms with Gasteiger partial charge < -0.3 is 5.32 Å². The Bertz CT molecular complexity index is 149. The first-order valence-corrected chi connectivity index (χ1v) is 6.95. The van der Waals surface area contributed by atoms with Gasteiger partial charge in [0.05, 0.1) is 0 Å². The Hall–Kier alpha value is -0.0400. The zero-order chi connectivity index (χ0) is 11.1. The average Bonchev–Trinajstić information content (AvgIpc) is 2.72. The average molecular weight is 211 g/mol. The lowest BCUT2D eigenvalue weighted by Crippen LogP contribution is -2.32. The van der Waals surface area contributed by atoms with Crippen molar-refractivity contribution in [3.63, 3.8) is 0 Å². The van der Waals surface area contributed by atoms with Crippen LogP contribution in [0.15, 0.2) is 0 Å². The molecule has 0 bridgehead atoms. The Balaban J connectivity index is 2.19. The largest absolute Gasteiger partial charge is 0.317 e. The minimum absolute atomic E-state index is 0.755. The summed E-state index contributed by atoms with van der Waals surface area (Å²) >= 11 is 0. The normalized spacial score (nSPS) is 21.8. The molecule has 0 radical (unpaired) electrons. The van der Waals surface area contributed by atoms with E-state index in [2.05, 4.69) is 26.2 Å². The third-order valence-electron chi connectivity index (χ3n) is 4.16. The summed E-state index contributed by atoms with van der Waals surface area (Å²) in [5.74, 6) is 1.90. The lowest BCUT2D eigenvalue weighted by atomic mass is 9.90. The number of hydrogen-bond donors (Lipinski definition) is 1. The predicted molar refractivity (Wildman–Crippen MR) is 68.1 cm³/mol. The molecule has 0 aliphatic heterocycles. The van der Waals surface area contributed by atoms with Gasteiger partial charge in [0.1, 0.15) is 0 Å². The molecule has 1 rings (SSSR count). The molecule has 0 saturated heterocycles. The third kappa shape index (κ3) is 4.55. The van der Waals surface area contributed by atoms with Gasteiger partial charge in [-0.3, -0.25) is 0 Å². The van der Waals surface area contributed by atoms with Crippen molar-refractivity contribution in [3.8, 4) is 0 Å². The maximum atomic E-state index is 3.51. The standard InChI is InChI=1S/C14H29N/c1-4-7-12(2)14(15-3)11-10-13-8-5-6-9-13/h12-15H,4-11H2,1-3H3. The summed E-state index contributed by atoms with van der Waals surface area (Å²) in [5.41, 5.74) is 0. The Labute approximate surface area is 96.0 Å². The Morgan fingerprint density at radius 3 is 2.40 bits per heavy atom. The molecule has 0 aromatic heterocycles. The fourth-order valence-corrected chi connectivity index (χ4v) is 3.08. The fourth-order valence-electron chi connectivity index (χ4n) is 3.08. The van der Waals surface area contributed by atoms with E-state index >= 15 is 0 Å². The zero-order valence-corrected chi connectivity index (χ0v) is 10.9. The minimum Gasteiger partial charge on any atom is -0.317 e. The highest BCUT2D eigenvalue weighted by atomic mass is 14.9. The van der Waals surface area contributed by atoms with Gasteiger partial charge in [-0.1, -0.05) is 46.0 Å². The molecular formula is C14H29N. The minimum atomic E-state index is 0.755. The summed E-state index contributed by atoms with van der Waals surface area (Å²) in [7, 11) is 2.13. The molecule has 1 saturated carbocycles. The van der Waals surface area contributed by atoms with E-state index in [9.17, 15) is 0 Å². The highest BCUT2D eigenvalue weighted by molar-refractivity contribution is 4.75. The Morgan fingerprint density at radius 1 is 1.20 bits per heavy atom. The van der Waals surface area contributed by atoms with Crippen molar-refractivity contribution in [1.29, 1.82) is 0 Å². The van der Waals surface area contributed by atoms with Gasteiger partial charge in [0, 0.05) is 6.04 Å². The topological polar surface area (TPSA) is 12.0 Å². The van der Waals surface area contributed by atoms with Gasteiger partial charge in [0.15, 0.2) is 0 Å². The number of nitrogens with one attached hydrogen (secondary N) is 1. The van der Waals surface area contributed by atoms with Crippen LogP contribution >= 0.6 is 0 Å². The van der Waals surface area contributed by atoms with Gasteiger partial charge in [0.25, 0.3) is 0 Å². The summed E-state index contributed by atoms with van der Waals surface area (Å²) in [6.07, 6.45) is 11.5. The van der Waals surface area contributed by atoms with E-state index < -0.39 is 0 Å². The van der Waals surface area contributed by atoms with Crippen LogP contribution in [0.2, 0.25) is 0 Å². The van der Waals surface area contributed by atoms with E-state index in [-0.39, 0.29) is 0 Å². The molecule has 0 amide bonds. The van der Waals surface area contributed by atoms with Crippen molar-refractivity contribution in [1.82, 2.24) is 5.32 Å². The summed E-state index contributed by atoms with van der Waals surface area (Å²) in [4.78, 5) is 0. The smallest absolute Gasteiger partial charge is 0.00897 e. The van der Waals surface area contributed by atoms with E-state index in [1.807, 2.05) is 0 Å². The van der Waals surface area contributed by atoms with Crippen molar-refractivity contribution in [3.05, 3.63) is 0 Å². The van der Waals surface area contributed by atoms with Gasteiger partial charge in [-0.15, -0.1) is 0 Å². The van der Waals surface area contributed by atoms with Crippen molar-refractivity contribution in [2.75, 3.05) is 7.05 Å². The Morgan fingerprint density at radius 2 is 1.87 bits per heavy atom. The molecule has 1 nitrogen and oxygen atoms in total. The number of rotatable bonds is 7. The second-order valence-electron chi connectivity index (χ2n) is 5.39. The highest BCUT2D eigenvalue weighted by Gasteiger charge is 2.19. The van der Waals surface area contributed by atoms with Gasteiger partial charge in [-0.2, -0.15) is 0 Å². The van der Waals surface area contributed by atoms with Crippen LogP contribution in [0.4, 0.5) is 0 Å². The molecule has 1 heteroatoms. The van der Waals surface area contributed by atoms with Crippen molar-refractivity contribution >= 4 is 0 Å². The van der Waals surface area contributed by atoms with Crippen LogP contribution in [0, 0.1) is 11.8 Å². The first kappa shape index (κ1) is 13.0. The van der Waals surface area contributed by atoms with Gasteiger partial charge >= 0.3 is 0 Å². The monoisotopic (exact) mass is 211 g/mol. The quantitative estimate of drug-likeness (QED) is 0.671.